The summed E-state index contributed by atoms with van der Waals surface area (Å²) in [6.07, 6.45) is 2.58. The van der Waals surface area contributed by atoms with Crippen LogP contribution in [0.15, 0.2) is 18.2 Å². The fourth-order valence-corrected chi connectivity index (χ4v) is 2.79. The second-order valence-electron chi connectivity index (χ2n) is 5.94. The van der Waals surface area contributed by atoms with Crippen LogP contribution in [0.4, 0.5) is 0 Å². The molecule has 2 aliphatic heterocycles. The van der Waals surface area contributed by atoms with Crippen LogP contribution in [0.2, 0.25) is 0 Å². The third-order valence-corrected chi connectivity index (χ3v) is 4.09. The summed E-state index contributed by atoms with van der Waals surface area (Å²) in [6.45, 7) is 6.52. The first-order valence-electron chi connectivity index (χ1n) is 7.46. The second kappa shape index (κ2) is 6.02. The van der Waals surface area contributed by atoms with Crippen molar-refractivity contribution in [3.63, 3.8) is 0 Å². The van der Waals surface area contributed by atoms with E-state index in [-0.39, 0.29) is 0 Å². The maximum Gasteiger partial charge on any atom is 0.231 e. The van der Waals surface area contributed by atoms with E-state index in [0.717, 1.165) is 37.5 Å². The Morgan fingerprint density at radius 1 is 1.25 bits per heavy atom. The SMILES string of the molecule is CC(C)C1CC(NCc2ccc3c(c2)OCO3)CCO1. The molecular weight excluding hydrogens is 254 g/mol. The first-order valence-corrected chi connectivity index (χ1v) is 7.46. The van der Waals surface area contributed by atoms with E-state index in [1.54, 1.807) is 0 Å². The van der Waals surface area contributed by atoms with Crippen molar-refractivity contribution in [1.82, 2.24) is 5.32 Å². The van der Waals surface area contributed by atoms with Gasteiger partial charge in [-0.3, -0.25) is 0 Å². The summed E-state index contributed by atoms with van der Waals surface area (Å²) in [5.74, 6) is 2.29. The van der Waals surface area contributed by atoms with Crippen molar-refractivity contribution < 1.29 is 14.2 Å². The number of ether oxygens (including phenoxy) is 3. The summed E-state index contributed by atoms with van der Waals surface area (Å²) >= 11 is 0. The normalized spacial score (nSPS) is 25.1. The summed E-state index contributed by atoms with van der Waals surface area (Å²) in [6, 6.07) is 6.69. The van der Waals surface area contributed by atoms with E-state index in [1.807, 2.05) is 6.07 Å². The Kier molecular flexibility index (Phi) is 4.13. The molecule has 0 amide bonds. The third kappa shape index (κ3) is 3.07. The van der Waals surface area contributed by atoms with Gasteiger partial charge in [0.25, 0.3) is 0 Å². The number of hydrogen-bond donors (Lipinski definition) is 1. The lowest BCUT2D eigenvalue weighted by atomic mass is 9.95. The van der Waals surface area contributed by atoms with Crippen LogP contribution in [0.3, 0.4) is 0 Å². The Labute approximate surface area is 120 Å². The topological polar surface area (TPSA) is 39.7 Å². The van der Waals surface area contributed by atoms with Crippen LogP contribution in [0.5, 0.6) is 11.5 Å². The van der Waals surface area contributed by atoms with Gasteiger partial charge in [0.15, 0.2) is 11.5 Å². The molecule has 2 aliphatic rings. The molecule has 1 aromatic rings. The molecule has 1 aromatic carbocycles. The number of hydrogen-bond acceptors (Lipinski definition) is 4. The highest BCUT2D eigenvalue weighted by atomic mass is 16.7. The van der Waals surface area contributed by atoms with Crippen LogP contribution in [0, 0.1) is 5.92 Å². The largest absolute Gasteiger partial charge is 0.454 e. The van der Waals surface area contributed by atoms with Crippen molar-refractivity contribution in [3.05, 3.63) is 23.8 Å². The van der Waals surface area contributed by atoms with Crippen LogP contribution in [-0.2, 0) is 11.3 Å². The van der Waals surface area contributed by atoms with E-state index in [4.69, 9.17) is 14.2 Å². The molecule has 1 fully saturated rings. The molecule has 0 aromatic heterocycles. The summed E-state index contributed by atoms with van der Waals surface area (Å²) in [5, 5.41) is 3.64. The molecule has 0 radical (unpaired) electrons. The van der Waals surface area contributed by atoms with Gasteiger partial charge in [-0.05, 0) is 36.5 Å². The average Bonchev–Trinajstić information content (AvgIpc) is 2.93. The van der Waals surface area contributed by atoms with Crippen molar-refractivity contribution in [3.8, 4) is 11.5 Å². The van der Waals surface area contributed by atoms with Crippen molar-refractivity contribution in [1.29, 1.82) is 0 Å². The van der Waals surface area contributed by atoms with Crippen LogP contribution < -0.4 is 14.8 Å². The zero-order chi connectivity index (χ0) is 13.9. The molecule has 3 rings (SSSR count). The summed E-state index contributed by atoms with van der Waals surface area (Å²) in [4.78, 5) is 0. The van der Waals surface area contributed by atoms with E-state index < -0.39 is 0 Å². The number of benzene rings is 1. The molecule has 2 atom stereocenters. The molecule has 20 heavy (non-hydrogen) atoms. The monoisotopic (exact) mass is 277 g/mol. The molecule has 2 unspecified atom stereocenters. The van der Waals surface area contributed by atoms with Crippen LogP contribution >= 0.6 is 0 Å². The zero-order valence-electron chi connectivity index (χ0n) is 12.2. The van der Waals surface area contributed by atoms with Gasteiger partial charge >= 0.3 is 0 Å². The second-order valence-corrected chi connectivity index (χ2v) is 5.94. The van der Waals surface area contributed by atoms with Crippen molar-refractivity contribution in [2.24, 2.45) is 5.92 Å². The lowest BCUT2D eigenvalue weighted by Crippen LogP contribution is -2.40. The van der Waals surface area contributed by atoms with E-state index >= 15 is 0 Å². The molecule has 4 nitrogen and oxygen atoms in total. The van der Waals surface area contributed by atoms with Gasteiger partial charge in [-0.2, -0.15) is 0 Å². The molecule has 1 N–H and O–H groups in total. The van der Waals surface area contributed by atoms with E-state index in [2.05, 4.69) is 31.3 Å². The number of fused-ring (bicyclic) bond motifs is 1. The highest BCUT2D eigenvalue weighted by Crippen LogP contribution is 2.32. The molecule has 0 saturated carbocycles. The van der Waals surface area contributed by atoms with E-state index in [1.165, 1.54) is 5.56 Å². The molecule has 0 spiro atoms. The number of rotatable bonds is 4. The van der Waals surface area contributed by atoms with Gasteiger partial charge < -0.3 is 19.5 Å². The van der Waals surface area contributed by atoms with Crippen molar-refractivity contribution in [2.45, 2.75) is 45.4 Å². The summed E-state index contributed by atoms with van der Waals surface area (Å²) in [7, 11) is 0. The van der Waals surface area contributed by atoms with Gasteiger partial charge in [0.1, 0.15) is 0 Å². The highest BCUT2D eigenvalue weighted by molar-refractivity contribution is 5.44. The molecule has 110 valence electrons. The Hall–Kier alpha value is -1.26. The first-order chi connectivity index (χ1) is 9.72. The van der Waals surface area contributed by atoms with Gasteiger partial charge in [-0.15, -0.1) is 0 Å². The lowest BCUT2D eigenvalue weighted by molar-refractivity contribution is -0.0245. The van der Waals surface area contributed by atoms with Gasteiger partial charge in [-0.25, -0.2) is 0 Å². The van der Waals surface area contributed by atoms with Gasteiger partial charge in [0.2, 0.25) is 6.79 Å². The smallest absolute Gasteiger partial charge is 0.231 e. The maximum atomic E-state index is 5.81. The summed E-state index contributed by atoms with van der Waals surface area (Å²) < 4.78 is 16.5. The third-order valence-electron chi connectivity index (χ3n) is 4.09. The zero-order valence-corrected chi connectivity index (χ0v) is 12.2. The number of nitrogens with one attached hydrogen (secondary N) is 1. The minimum Gasteiger partial charge on any atom is -0.454 e. The van der Waals surface area contributed by atoms with Crippen molar-refractivity contribution >= 4 is 0 Å². The van der Waals surface area contributed by atoms with E-state index in [0.29, 0.717) is 24.9 Å². The van der Waals surface area contributed by atoms with Crippen LogP contribution in [0.25, 0.3) is 0 Å². The Bertz CT molecular complexity index is 461. The minimum atomic E-state index is 0.336. The fourth-order valence-electron chi connectivity index (χ4n) is 2.79. The van der Waals surface area contributed by atoms with Crippen LogP contribution in [-0.4, -0.2) is 25.5 Å². The molecule has 4 heteroatoms. The van der Waals surface area contributed by atoms with Crippen LogP contribution in [0.1, 0.15) is 32.3 Å². The Morgan fingerprint density at radius 2 is 2.10 bits per heavy atom. The molecular formula is C16H23NO3. The van der Waals surface area contributed by atoms with Gasteiger partial charge in [0.05, 0.1) is 6.10 Å². The van der Waals surface area contributed by atoms with Gasteiger partial charge in [0, 0.05) is 19.2 Å². The van der Waals surface area contributed by atoms with E-state index in [9.17, 15) is 0 Å². The predicted molar refractivity (Wildman–Crippen MR) is 77.0 cm³/mol. The molecule has 2 heterocycles. The van der Waals surface area contributed by atoms with Crippen molar-refractivity contribution in [2.75, 3.05) is 13.4 Å². The summed E-state index contributed by atoms with van der Waals surface area (Å²) in [5.41, 5.74) is 1.24. The average molecular weight is 277 g/mol. The Balaban J connectivity index is 1.54. The highest BCUT2D eigenvalue weighted by Gasteiger charge is 2.24. The first kappa shape index (κ1) is 13.7. The fraction of sp³-hybridized carbons (Fsp3) is 0.625. The maximum absolute atomic E-state index is 5.81. The quantitative estimate of drug-likeness (QED) is 0.918. The minimum absolute atomic E-state index is 0.336. The lowest BCUT2D eigenvalue weighted by Gasteiger charge is -2.32. The molecule has 0 aliphatic carbocycles. The predicted octanol–water partition coefficient (Wildman–Crippen LogP) is 2.71. The molecule has 1 saturated heterocycles. The standard InChI is InChI=1S/C16H23NO3/c1-11(2)15-8-13(5-6-18-15)17-9-12-3-4-14-16(7-12)20-10-19-14/h3-4,7,11,13,15,17H,5-6,8-10H2,1-2H3. The Morgan fingerprint density at radius 3 is 2.95 bits per heavy atom. The molecule has 0 bridgehead atoms. The van der Waals surface area contributed by atoms with Gasteiger partial charge in [-0.1, -0.05) is 19.9 Å².